The van der Waals surface area contributed by atoms with Crippen molar-refractivity contribution in [1.29, 1.82) is 0 Å². The van der Waals surface area contributed by atoms with Crippen LogP contribution in [0.4, 0.5) is 17.6 Å². The number of hydrogen-bond donors (Lipinski definition) is 4. The molecule has 1 atom stereocenters. The molecule has 0 unspecified atom stereocenters. The summed E-state index contributed by atoms with van der Waals surface area (Å²) in [5, 5.41) is 25.5. The van der Waals surface area contributed by atoms with Crippen molar-refractivity contribution in [3.8, 4) is 0 Å². The average Bonchev–Trinajstić information content (AvgIpc) is 3.03. The molecule has 2 aromatic heterocycles. The predicted octanol–water partition coefficient (Wildman–Crippen LogP) is 3.34. The minimum Gasteiger partial charge on any atom is -0.477 e. The first-order valence-electron chi connectivity index (χ1n) is 11.0. The van der Waals surface area contributed by atoms with Crippen LogP contribution in [-0.4, -0.2) is 55.1 Å². The average molecular weight is 475 g/mol. The molecule has 1 amide bonds. The maximum absolute atomic E-state index is 12.8. The lowest BCUT2D eigenvalue weighted by Gasteiger charge is -2.30. The Morgan fingerprint density at radius 3 is 2.60 bits per heavy atom. The molecular weight excluding hydrogens is 448 g/mol. The standard InChI is InChI=1S/C25H26N6O4/c1-4-12-31-22(33)16-10-11-19(28-20(16)25(31,2)3)29-24-26-13-17(23(34)35)21(30-24)27-18(14-32)15-8-6-5-7-9-15/h4-11,13,18,32H,1,12,14H2,2-3H3,(H,34,35)(H2,26,27,28,29,30)/t18-/m1/s1. The number of carbonyl (C=O) groups is 2. The molecule has 0 saturated carbocycles. The van der Waals surface area contributed by atoms with Gasteiger partial charge in [0.05, 0.1) is 29.4 Å². The largest absolute Gasteiger partial charge is 0.477 e. The number of rotatable bonds is 9. The van der Waals surface area contributed by atoms with Gasteiger partial charge in [0.15, 0.2) is 0 Å². The number of hydrogen-bond acceptors (Lipinski definition) is 8. The summed E-state index contributed by atoms with van der Waals surface area (Å²) >= 11 is 0. The number of aliphatic hydroxyl groups is 1. The third kappa shape index (κ3) is 4.56. The fraction of sp³-hybridized carbons (Fsp3) is 0.240. The van der Waals surface area contributed by atoms with Crippen LogP contribution < -0.4 is 10.6 Å². The summed E-state index contributed by atoms with van der Waals surface area (Å²) in [7, 11) is 0. The number of carboxylic acid groups (broad SMARTS) is 1. The zero-order valence-electron chi connectivity index (χ0n) is 19.4. The quantitative estimate of drug-likeness (QED) is 0.344. The number of anilines is 3. The Morgan fingerprint density at radius 1 is 1.20 bits per heavy atom. The van der Waals surface area contributed by atoms with Gasteiger partial charge in [0.2, 0.25) is 5.95 Å². The van der Waals surface area contributed by atoms with Gasteiger partial charge in [0, 0.05) is 12.7 Å². The van der Waals surface area contributed by atoms with E-state index in [4.69, 9.17) is 0 Å². The molecule has 0 aliphatic carbocycles. The first-order chi connectivity index (χ1) is 16.8. The second-order valence-electron chi connectivity index (χ2n) is 8.53. The van der Waals surface area contributed by atoms with Crippen molar-refractivity contribution in [2.75, 3.05) is 23.8 Å². The van der Waals surface area contributed by atoms with Gasteiger partial charge in [-0.25, -0.2) is 14.8 Å². The van der Waals surface area contributed by atoms with Crippen LogP contribution in [-0.2, 0) is 5.54 Å². The maximum atomic E-state index is 12.8. The number of benzene rings is 1. The Hall–Kier alpha value is -4.31. The SMILES string of the molecule is C=CCN1C(=O)c2ccc(Nc3ncc(C(=O)O)c(N[C@H](CO)c4ccccc4)n3)nc2C1(C)C. The van der Waals surface area contributed by atoms with E-state index in [2.05, 4.69) is 32.2 Å². The highest BCUT2D eigenvalue weighted by Crippen LogP contribution is 2.38. The minimum atomic E-state index is -1.21. The Kier molecular flexibility index (Phi) is 6.48. The number of carbonyl (C=O) groups excluding carboxylic acids is 1. The number of amides is 1. The van der Waals surface area contributed by atoms with E-state index >= 15 is 0 Å². The third-order valence-electron chi connectivity index (χ3n) is 5.89. The molecular formula is C25H26N6O4. The molecule has 10 heteroatoms. The Bertz CT molecular complexity index is 1280. The van der Waals surface area contributed by atoms with Crippen molar-refractivity contribution < 1.29 is 19.8 Å². The number of nitrogens with zero attached hydrogens (tertiary/aromatic N) is 4. The van der Waals surface area contributed by atoms with E-state index in [1.807, 2.05) is 44.2 Å². The van der Waals surface area contributed by atoms with E-state index in [0.717, 1.165) is 5.56 Å². The van der Waals surface area contributed by atoms with Crippen LogP contribution in [0.5, 0.6) is 0 Å². The number of aliphatic hydroxyl groups excluding tert-OH is 1. The van der Waals surface area contributed by atoms with Gasteiger partial charge in [0.25, 0.3) is 5.91 Å². The number of nitrogens with one attached hydrogen (secondary N) is 2. The lowest BCUT2D eigenvalue weighted by atomic mass is 9.99. The zero-order valence-corrected chi connectivity index (χ0v) is 19.4. The summed E-state index contributed by atoms with van der Waals surface area (Å²) in [5.41, 5.74) is 1.12. The molecule has 4 rings (SSSR count). The lowest BCUT2D eigenvalue weighted by Crippen LogP contribution is -2.39. The van der Waals surface area contributed by atoms with Crippen molar-refractivity contribution in [1.82, 2.24) is 19.9 Å². The highest BCUT2D eigenvalue weighted by atomic mass is 16.4. The molecule has 0 spiro atoms. The van der Waals surface area contributed by atoms with Crippen molar-refractivity contribution in [2.24, 2.45) is 0 Å². The molecule has 4 N–H and O–H groups in total. The molecule has 1 aliphatic rings. The molecule has 0 fully saturated rings. The lowest BCUT2D eigenvalue weighted by molar-refractivity contribution is 0.0647. The summed E-state index contributed by atoms with van der Waals surface area (Å²) in [6.07, 6.45) is 2.86. The van der Waals surface area contributed by atoms with E-state index in [9.17, 15) is 19.8 Å². The fourth-order valence-electron chi connectivity index (χ4n) is 4.04. The molecule has 10 nitrogen and oxygen atoms in total. The Morgan fingerprint density at radius 2 is 1.94 bits per heavy atom. The topological polar surface area (TPSA) is 141 Å². The molecule has 35 heavy (non-hydrogen) atoms. The van der Waals surface area contributed by atoms with E-state index in [1.54, 1.807) is 23.1 Å². The second-order valence-corrected chi connectivity index (χ2v) is 8.53. The molecule has 1 aromatic carbocycles. The summed E-state index contributed by atoms with van der Waals surface area (Å²) < 4.78 is 0. The maximum Gasteiger partial charge on any atom is 0.341 e. The Balaban J connectivity index is 1.64. The van der Waals surface area contributed by atoms with Gasteiger partial charge in [-0.05, 0) is 31.5 Å². The van der Waals surface area contributed by atoms with Gasteiger partial charge < -0.3 is 25.7 Å². The van der Waals surface area contributed by atoms with Crippen LogP contribution in [0, 0.1) is 0 Å². The van der Waals surface area contributed by atoms with Crippen LogP contribution in [0.2, 0.25) is 0 Å². The van der Waals surface area contributed by atoms with Gasteiger partial charge in [-0.15, -0.1) is 6.58 Å². The monoisotopic (exact) mass is 474 g/mol. The highest BCUT2D eigenvalue weighted by molar-refractivity contribution is 5.99. The second kappa shape index (κ2) is 9.51. The van der Waals surface area contributed by atoms with Gasteiger partial charge >= 0.3 is 5.97 Å². The number of carboxylic acids is 1. The smallest absolute Gasteiger partial charge is 0.341 e. The number of fused-ring (bicyclic) bond motifs is 1. The highest BCUT2D eigenvalue weighted by Gasteiger charge is 2.43. The summed E-state index contributed by atoms with van der Waals surface area (Å²) in [4.78, 5) is 39.3. The van der Waals surface area contributed by atoms with Crippen LogP contribution >= 0.6 is 0 Å². The molecule has 180 valence electrons. The van der Waals surface area contributed by atoms with Crippen LogP contribution in [0.25, 0.3) is 0 Å². The Labute approximate surface area is 202 Å². The third-order valence-corrected chi connectivity index (χ3v) is 5.89. The van der Waals surface area contributed by atoms with E-state index in [1.165, 1.54) is 6.20 Å². The molecule has 0 saturated heterocycles. The zero-order chi connectivity index (χ0) is 25.2. The molecule has 3 heterocycles. The van der Waals surface area contributed by atoms with E-state index < -0.39 is 17.6 Å². The van der Waals surface area contributed by atoms with Crippen molar-refractivity contribution in [3.05, 3.63) is 83.7 Å². The number of pyridine rings is 1. The minimum absolute atomic E-state index is 0.0479. The van der Waals surface area contributed by atoms with Crippen LogP contribution in [0.1, 0.15) is 51.9 Å². The number of aromatic carboxylic acids is 1. The summed E-state index contributed by atoms with van der Waals surface area (Å²) in [6, 6.07) is 11.9. The van der Waals surface area contributed by atoms with Gasteiger partial charge in [-0.1, -0.05) is 36.4 Å². The van der Waals surface area contributed by atoms with Gasteiger partial charge in [0.1, 0.15) is 17.2 Å². The van der Waals surface area contributed by atoms with Crippen LogP contribution in [0.15, 0.2) is 61.3 Å². The summed E-state index contributed by atoms with van der Waals surface area (Å²) in [6.45, 7) is 7.68. The van der Waals surface area contributed by atoms with E-state index in [0.29, 0.717) is 23.6 Å². The fourth-order valence-corrected chi connectivity index (χ4v) is 4.04. The first-order valence-corrected chi connectivity index (χ1v) is 11.0. The van der Waals surface area contributed by atoms with Gasteiger partial charge in [-0.3, -0.25) is 4.79 Å². The van der Waals surface area contributed by atoms with E-state index in [-0.39, 0.29) is 29.8 Å². The normalized spacial score (nSPS) is 14.8. The van der Waals surface area contributed by atoms with Crippen molar-refractivity contribution >= 4 is 29.5 Å². The van der Waals surface area contributed by atoms with Gasteiger partial charge in [-0.2, -0.15) is 4.98 Å². The molecule has 1 aliphatic heterocycles. The molecule has 0 bridgehead atoms. The van der Waals surface area contributed by atoms with Crippen molar-refractivity contribution in [2.45, 2.75) is 25.4 Å². The molecule has 3 aromatic rings. The van der Waals surface area contributed by atoms with Crippen molar-refractivity contribution in [3.63, 3.8) is 0 Å². The van der Waals surface area contributed by atoms with Crippen LogP contribution in [0.3, 0.4) is 0 Å². The summed E-state index contributed by atoms with van der Waals surface area (Å²) in [5.74, 6) is -0.761. The number of aromatic nitrogens is 3. The predicted molar refractivity (Wildman–Crippen MR) is 131 cm³/mol. The first kappa shape index (κ1) is 23.8. The molecule has 0 radical (unpaired) electrons.